The Morgan fingerprint density at radius 3 is 2.56 bits per heavy atom. The highest BCUT2D eigenvalue weighted by Gasteiger charge is 2.30. The van der Waals surface area contributed by atoms with Crippen LogP contribution in [0.15, 0.2) is 18.3 Å². The zero-order valence-corrected chi connectivity index (χ0v) is 8.21. The van der Waals surface area contributed by atoms with Crippen molar-refractivity contribution in [3.05, 3.63) is 23.9 Å². The molecule has 0 atom stereocenters. The number of amides is 1. The number of nitrogens with two attached hydrogens (primary N) is 1. The lowest BCUT2D eigenvalue weighted by Crippen LogP contribution is -2.16. The Hall–Kier alpha value is -1.79. The Kier molecular flexibility index (Phi) is 3.70. The number of nitrogens with zero attached hydrogens (tertiary/aromatic N) is 1. The smallest absolute Gasteiger partial charge is 0.370 e. The van der Waals surface area contributed by atoms with Crippen LogP contribution in [0.5, 0.6) is 0 Å². The van der Waals surface area contributed by atoms with Gasteiger partial charge in [0, 0.05) is 19.2 Å². The Morgan fingerprint density at radius 1 is 1.44 bits per heavy atom. The van der Waals surface area contributed by atoms with E-state index in [1.165, 1.54) is 6.07 Å². The molecule has 16 heavy (non-hydrogen) atoms. The van der Waals surface area contributed by atoms with Crippen molar-refractivity contribution in [3.8, 4) is 0 Å². The molecule has 1 amide bonds. The number of carbonyl (C=O) groups is 1. The lowest BCUT2D eigenvalue weighted by Gasteiger charge is -2.07. The summed E-state index contributed by atoms with van der Waals surface area (Å²) in [4.78, 5) is 13.9. The Labute approximate surface area is 89.7 Å². The van der Waals surface area contributed by atoms with Crippen LogP contribution in [-0.2, 0) is 11.0 Å². The van der Waals surface area contributed by atoms with Crippen LogP contribution in [0.4, 0.5) is 19.0 Å². The number of hydrogen-bond donors (Lipinski definition) is 2. The summed E-state index contributed by atoms with van der Waals surface area (Å²) in [6.45, 7) is 0.244. The number of alkyl halides is 3. The van der Waals surface area contributed by atoms with Crippen molar-refractivity contribution in [2.45, 2.75) is 12.6 Å². The SMILES string of the molecule is NC(=O)CCNc1ccc(C(F)(F)F)cn1. The van der Waals surface area contributed by atoms with Gasteiger partial charge in [-0.1, -0.05) is 0 Å². The lowest BCUT2D eigenvalue weighted by molar-refractivity contribution is -0.137. The van der Waals surface area contributed by atoms with Gasteiger partial charge in [-0.05, 0) is 12.1 Å². The molecule has 0 unspecified atom stereocenters. The van der Waals surface area contributed by atoms with Crippen LogP contribution in [0.2, 0.25) is 0 Å². The minimum Gasteiger partial charge on any atom is -0.370 e. The molecule has 0 aliphatic carbocycles. The fraction of sp³-hybridized carbons (Fsp3) is 0.333. The van der Waals surface area contributed by atoms with Gasteiger partial charge in [0.25, 0.3) is 0 Å². The van der Waals surface area contributed by atoms with Crippen LogP contribution in [0.25, 0.3) is 0 Å². The molecule has 0 fully saturated rings. The van der Waals surface area contributed by atoms with Crippen molar-refractivity contribution in [3.63, 3.8) is 0 Å². The molecule has 0 spiro atoms. The molecular weight excluding hydrogens is 223 g/mol. The van der Waals surface area contributed by atoms with Crippen molar-refractivity contribution < 1.29 is 18.0 Å². The molecule has 1 rings (SSSR count). The second kappa shape index (κ2) is 4.82. The second-order valence-corrected chi connectivity index (χ2v) is 3.07. The first kappa shape index (κ1) is 12.3. The lowest BCUT2D eigenvalue weighted by atomic mass is 10.3. The van der Waals surface area contributed by atoms with E-state index in [0.29, 0.717) is 0 Å². The zero-order chi connectivity index (χ0) is 12.2. The number of carbonyl (C=O) groups excluding carboxylic acids is 1. The second-order valence-electron chi connectivity index (χ2n) is 3.07. The van der Waals surface area contributed by atoms with Crippen molar-refractivity contribution in [1.82, 2.24) is 4.98 Å². The van der Waals surface area contributed by atoms with Gasteiger partial charge in [0.05, 0.1) is 5.56 Å². The number of primary amides is 1. The molecule has 0 aliphatic rings. The Bertz CT molecular complexity index is 361. The van der Waals surface area contributed by atoms with E-state index >= 15 is 0 Å². The molecule has 1 heterocycles. The molecule has 3 N–H and O–H groups in total. The maximum absolute atomic E-state index is 12.2. The van der Waals surface area contributed by atoms with E-state index in [4.69, 9.17) is 5.73 Å². The summed E-state index contributed by atoms with van der Waals surface area (Å²) < 4.78 is 36.5. The third-order valence-corrected chi connectivity index (χ3v) is 1.77. The number of anilines is 1. The van der Waals surface area contributed by atoms with E-state index < -0.39 is 17.6 Å². The largest absolute Gasteiger partial charge is 0.417 e. The van der Waals surface area contributed by atoms with Crippen LogP contribution in [0.3, 0.4) is 0 Å². The van der Waals surface area contributed by atoms with Crippen LogP contribution in [0, 0.1) is 0 Å². The molecule has 0 bridgehead atoms. The van der Waals surface area contributed by atoms with E-state index in [9.17, 15) is 18.0 Å². The quantitative estimate of drug-likeness (QED) is 0.825. The van der Waals surface area contributed by atoms with Gasteiger partial charge >= 0.3 is 6.18 Å². The highest BCUT2D eigenvalue weighted by molar-refractivity contribution is 5.74. The number of aromatic nitrogens is 1. The first-order valence-electron chi connectivity index (χ1n) is 4.45. The highest BCUT2D eigenvalue weighted by atomic mass is 19.4. The summed E-state index contributed by atoms with van der Waals surface area (Å²) in [5.74, 6) is -0.214. The van der Waals surface area contributed by atoms with Gasteiger partial charge in [0.1, 0.15) is 5.82 Å². The number of hydrogen-bond acceptors (Lipinski definition) is 3. The first-order chi connectivity index (χ1) is 7.39. The number of halogens is 3. The number of pyridine rings is 1. The van der Waals surface area contributed by atoms with Crippen molar-refractivity contribution in [1.29, 1.82) is 0 Å². The minimum absolute atomic E-state index is 0.0999. The van der Waals surface area contributed by atoms with E-state index in [-0.39, 0.29) is 18.8 Å². The average Bonchev–Trinajstić information content (AvgIpc) is 2.16. The summed E-state index contributed by atoms with van der Waals surface area (Å²) in [6.07, 6.45) is -3.56. The maximum Gasteiger partial charge on any atom is 0.417 e. The monoisotopic (exact) mass is 233 g/mol. The van der Waals surface area contributed by atoms with E-state index in [1.54, 1.807) is 0 Å². The Balaban J connectivity index is 2.55. The molecule has 0 radical (unpaired) electrons. The summed E-state index contributed by atoms with van der Waals surface area (Å²) in [6, 6.07) is 2.11. The predicted octanol–water partition coefficient (Wildman–Crippen LogP) is 1.39. The number of rotatable bonds is 4. The topological polar surface area (TPSA) is 68.0 Å². The van der Waals surface area contributed by atoms with Gasteiger partial charge in [-0.15, -0.1) is 0 Å². The summed E-state index contributed by atoms with van der Waals surface area (Å²) >= 11 is 0. The predicted molar refractivity (Wildman–Crippen MR) is 51.5 cm³/mol. The number of nitrogens with one attached hydrogen (secondary N) is 1. The fourth-order valence-electron chi connectivity index (χ4n) is 0.980. The van der Waals surface area contributed by atoms with Gasteiger partial charge in [-0.25, -0.2) is 4.98 Å². The molecule has 0 aliphatic heterocycles. The van der Waals surface area contributed by atoms with E-state index in [0.717, 1.165) is 12.3 Å². The highest BCUT2D eigenvalue weighted by Crippen LogP contribution is 2.28. The van der Waals surface area contributed by atoms with Crippen molar-refractivity contribution in [2.75, 3.05) is 11.9 Å². The summed E-state index contributed by atoms with van der Waals surface area (Å²) in [5, 5.41) is 2.68. The average molecular weight is 233 g/mol. The molecule has 4 nitrogen and oxygen atoms in total. The molecule has 0 aromatic carbocycles. The maximum atomic E-state index is 12.2. The summed E-state index contributed by atoms with van der Waals surface area (Å²) in [5.41, 5.74) is 4.08. The van der Waals surface area contributed by atoms with E-state index in [2.05, 4.69) is 10.3 Å². The van der Waals surface area contributed by atoms with Crippen molar-refractivity contribution in [2.24, 2.45) is 5.73 Å². The van der Waals surface area contributed by atoms with Crippen LogP contribution < -0.4 is 11.1 Å². The molecule has 0 saturated heterocycles. The molecule has 0 saturated carbocycles. The first-order valence-corrected chi connectivity index (χ1v) is 4.45. The minimum atomic E-state index is -4.39. The molecule has 88 valence electrons. The molecule has 7 heteroatoms. The van der Waals surface area contributed by atoms with Crippen LogP contribution in [0.1, 0.15) is 12.0 Å². The third-order valence-electron chi connectivity index (χ3n) is 1.77. The van der Waals surface area contributed by atoms with Gasteiger partial charge in [-0.3, -0.25) is 4.79 Å². The van der Waals surface area contributed by atoms with Crippen molar-refractivity contribution >= 4 is 11.7 Å². The normalized spacial score (nSPS) is 11.2. The zero-order valence-electron chi connectivity index (χ0n) is 8.21. The van der Waals surface area contributed by atoms with E-state index in [1.807, 2.05) is 0 Å². The van der Waals surface area contributed by atoms with Crippen LogP contribution >= 0.6 is 0 Å². The van der Waals surface area contributed by atoms with Gasteiger partial charge in [0.15, 0.2) is 0 Å². The van der Waals surface area contributed by atoms with Crippen LogP contribution in [-0.4, -0.2) is 17.4 Å². The third kappa shape index (κ3) is 3.76. The van der Waals surface area contributed by atoms with Gasteiger partial charge in [-0.2, -0.15) is 13.2 Å². The standard InChI is InChI=1S/C9H10F3N3O/c10-9(11,12)6-1-2-8(15-5-6)14-4-3-7(13)16/h1-2,5H,3-4H2,(H2,13,16)(H,14,15). The summed E-state index contributed by atoms with van der Waals surface area (Å²) in [7, 11) is 0. The fourth-order valence-corrected chi connectivity index (χ4v) is 0.980. The molecular formula is C9H10F3N3O. The Morgan fingerprint density at radius 2 is 2.12 bits per heavy atom. The van der Waals surface area contributed by atoms with Gasteiger partial charge in [0.2, 0.25) is 5.91 Å². The molecule has 1 aromatic rings. The van der Waals surface area contributed by atoms with Gasteiger partial charge < -0.3 is 11.1 Å². The molecule has 1 aromatic heterocycles.